The minimum atomic E-state index is -0.337. The molecule has 1 aromatic carbocycles. The summed E-state index contributed by atoms with van der Waals surface area (Å²) in [7, 11) is 2.11. The molecule has 0 radical (unpaired) electrons. The molecule has 6 heteroatoms. The Morgan fingerprint density at radius 3 is 2.72 bits per heavy atom. The van der Waals surface area contributed by atoms with Gasteiger partial charge in [0.25, 0.3) is 11.5 Å². The van der Waals surface area contributed by atoms with E-state index in [0.717, 1.165) is 10.6 Å². The van der Waals surface area contributed by atoms with E-state index in [9.17, 15) is 9.59 Å². The van der Waals surface area contributed by atoms with Crippen LogP contribution >= 0.6 is 11.3 Å². The second kappa shape index (κ2) is 8.93. The number of rotatable bonds is 6. The molecule has 0 bridgehead atoms. The van der Waals surface area contributed by atoms with Crippen LogP contribution in [-0.2, 0) is 13.1 Å². The zero-order chi connectivity index (χ0) is 20.2. The highest BCUT2D eigenvalue weighted by molar-refractivity contribution is 7.19. The topological polar surface area (TPSA) is 65.2 Å². The van der Waals surface area contributed by atoms with Gasteiger partial charge in [0.1, 0.15) is 5.56 Å². The average molecular weight is 410 g/mol. The molecule has 152 valence electrons. The number of aromatic nitrogens is 1. The van der Waals surface area contributed by atoms with Gasteiger partial charge in [-0.15, -0.1) is 11.3 Å². The van der Waals surface area contributed by atoms with Gasteiger partial charge >= 0.3 is 0 Å². The molecule has 2 N–H and O–H groups in total. The Morgan fingerprint density at radius 1 is 1.17 bits per heavy atom. The second-order valence-corrected chi connectivity index (χ2v) is 9.03. The number of nitrogens with zero attached hydrogens (tertiary/aromatic N) is 1. The Labute approximate surface area is 174 Å². The fraction of sp³-hybridized carbons (Fsp3) is 0.391. The summed E-state index contributed by atoms with van der Waals surface area (Å²) >= 11 is 1.66. The van der Waals surface area contributed by atoms with Crippen LogP contribution in [0.1, 0.15) is 53.0 Å². The third-order valence-electron chi connectivity index (χ3n) is 5.73. The first-order valence-electron chi connectivity index (χ1n) is 10.3. The van der Waals surface area contributed by atoms with Crippen LogP contribution < -0.4 is 10.9 Å². The number of fused-ring (bicyclic) bond motifs is 1. The molecule has 1 amide bonds. The highest BCUT2D eigenvalue weighted by atomic mass is 32.1. The lowest BCUT2D eigenvalue weighted by molar-refractivity contribution is 0.0949. The Balaban J connectivity index is 1.37. The number of hydrogen-bond acceptors (Lipinski definition) is 4. The van der Waals surface area contributed by atoms with E-state index in [-0.39, 0.29) is 17.0 Å². The summed E-state index contributed by atoms with van der Waals surface area (Å²) in [5.41, 5.74) is 0.688. The van der Waals surface area contributed by atoms with Gasteiger partial charge < -0.3 is 10.3 Å². The quantitative estimate of drug-likeness (QED) is 0.638. The van der Waals surface area contributed by atoms with Crippen molar-refractivity contribution in [2.45, 2.75) is 51.2 Å². The summed E-state index contributed by atoms with van der Waals surface area (Å²) in [5.74, 6) is -0.337. The molecule has 0 aliphatic heterocycles. The minimum absolute atomic E-state index is 0.162. The molecule has 0 atom stereocenters. The van der Waals surface area contributed by atoms with Gasteiger partial charge in [0.2, 0.25) is 0 Å². The molecule has 1 saturated carbocycles. The number of pyridine rings is 1. The number of hydrogen-bond donors (Lipinski definition) is 2. The first-order chi connectivity index (χ1) is 14.1. The van der Waals surface area contributed by atoms with E-state index >= 15 is 0 Å². The van der Waals surface area contributed by atoms with Gasteiger partial charge in [0.15, 0.2) is 0 Å². The summed E-state index contributed by atoms with van der Waals surface area (Å²) in [6, 6.07) is 14.3. The number of H-pyrrole nitrogens is 1. The van der Waals surface area contributed by atoms with Gasteiger partial charge in [0, 0.05) is 27.9 Å². The third kappa shape index (κ3) is 4.77. The maximum Gasteiger partial charge on any atom is 0.261 e. The van der Waals surface area contributed by atoms with Crippen molar-refractivity contribution >= 4 is 27.3 Å². The summed E-state index contributed by atoms with van der Waals surface area (Å²) in [6.07, 6.45) is 6.33. The zero-order valence-corrected chi connectivity index (χ0v) is 17.6. The Kier molecular flexibility index (Phi) is 6.11. The number of carbonyl (C=O) groups excluding carboxylic acids is 1. The predicted molar refractivity (Wildman–Crippen MR) is 118 cm³/mol. The van der Waals surface area contributed by atoms with E-state index in [4.69, 9.17) is 0 Å². The number of nitrogens with one attached hydrogen (secondary N) is 2. The van der Waals surface area contributed by atoms with Crippen LogP contribution in [0.15, 0.2) is 47.3 Å². The SMILES string of the molecule is CN(Cc1ccc(C(=O)NCc2cc3ccccc3s2)c(=O)[nH]1)C1CCCCC1. The van der Waals surface area contributed by atoms with E-state index in [1.807, 2.05) is 18.2 Å². The van der Waals surface area contributed by atoms with Gasteiger partial charge in [-0.1, -0.05) is 37.5 Å². The Morgan fingerprint density at radius 2 is 1.97 bits per heavy atom. The van der Waals surface area contributed by atoms with Crippen LogP contribution in [0.2, 0.25) is 0 Å². The van der Waals surface area contributed by atoms with E-state index in [1.54, 1.807) is 17.4 Å². The average Bonchev–Trinajstić information content (AvgIpc) is 3.16. The molecule has 0 unspecified atom stereocenters. The number of amides is 1. The lowest BCUT2D eigenvalue weighted by atomic mass is 9.94. The fourth-order valence-corrected chi connectivity index (χ4v) is 5.10. The van der Waals surface area contributed by atoms with Crippen molar-refractivity contribution in [3.8, 4) is 0 Å². The molecule has 0 spiro atoms. The van der Waals surface area contributed by atoms with Crippen LogP contribution in [0.25, 0.3) is 10.1 Å². The van der Waals surface area contributed by atoms with Crippen LogP contribution in [0, 0.1) is 0 Å². The Bertz CT molecular complexity index is 1020. The van der Waals surface area contributed by atoms with Crippen molar-refractivity contribution in [2.75, 3.05) is 7.05 Å². The fourth-order valence-electron chi connectivity index (χ4n) is 4.09. The predicted octanol–water partition coefficient (Wildman–Crippen LogP) is 4.28. The second-order valence-electron chi connectivity index (χ2n) is 7.87. The number of thiophene rings is 1. The van der Waals surface area contributed by atoms with Crippen LogP contribution in [0.3, 0.4) is 0 Å². The lowest BCUT2D eigenvalue weighted by Crippen LogP contribution is -2.34. The van der Waals surface area contributed by atoms with E-state index < -0.39 is 0 Å². The molecule has 2 aromatic heterocycles. The smallest absolute Gasteiger partial charge is 0.261 e. The van der Waals surface area contributed by atoms with E-state index in [0.29, 0.717) is 19.1 Å². The van der Waals surface area contributed by atoms with Crippen molar-refractivity contribution in [3.05, 3.63) is 69.0 Å². The number of benzene rings is 1. The largest absolute Gasteiger partial charge is 0.347 e. The van der Waals surface area contributed by atoms with Crippen LogP contribution in [0.5, 0.6) is 0 Å². The lowest BCUT2D eigenvalue weighted by Gasteiger charge is -2.31. The van der Waals surface area contributed by atoms with Gasteiger partial charge in [0.05, 0.1) is 6.54 Å². The first kappa shape index (κ1) is 19.9. The summed E-state index contributed by atoms with van der Waals surface area (Å²) in [5, 5.41) is 4.04. The molecule has 2 heterocycles. The normalized spacial score (nSPS) is 15.1. The summed E-state index contributed by atoms with van der Waals surface area (Å²) < 4.78 is 1.20. The molecule has 5 nitrogen and oxygen atoms in total. The van der Waals surface area contributed by atoms with Gasteiger partial charge in [-0.2, -0.15) is 0 Å². The van der Waals surface area contributed by atoms with Crippen molar-refractivity contribution in [2.24, 2.45) is 0 Å². The van der Waals surface area contributed by atoms with Crippen molar-refractivity contribution in [1.29, 1.82) is 0 Å². The highest BCUT2D eigenvalue weighted by Gasteiger charge is 2.19. The monoisotopic (exact) mass is 409 g/mol. The van der Waals surface area contributed by atoms with Crippen LogP contribution in [0.4, 0.5) is 0 Å². The van der Waals surface area contributed by atoms with E-state index in [2.05, 4.69) is 40.4 Å². The molecule has 0 saturated heterocycles. The first-order valence-corrected chi connectivity index (χ1v) is 11.1. The molecule has 29 heavy (non-hydrogen) atoms. The number of aromatic amines is 1. The highest BCUT2D eigenvalue weighted by Crippen LogP contribution is 2.25. The third-order valence-corrected chi connectivity index (χ3v) is 6.85. The van der Waals surface area contributed by atoms with Crippen molar-refractivity contribution in [1.82, 2.24) is 15.2 Å². The van der Waals surface area contributed by atoms with Gasteiger partial charge in [-0.05, 0) is 49.5 Å². The van der Waals surface area contributed by atoms with E-state index in [1.165, 1.54) is 42.2 Å². The summed E-state index contributed by atoms with van der Waals surface area (Å²) in [4.78, 5) is 31.2. The molecule has 4 rings (SSSR count). The van der Waals surface area contributed by atoms with Crippen LogP contribution in [-0.4, -0.2) is 28.9 Å². The molecule has 3 aromatic rings. The zero-order valence-electron chi connectivity index (χ0n) is 16.7. The molecule has 1 aliphatic rings. The molecule has 1 fully saturated rings. The van der Waals surface area contributed by atoms with Gasteiger partial charge in [-0.25, -0.2) is 0 Å². The minimum Gasteiger partial charge on any atom is -0.347 e. The van der Waals surface area contributed by atoms with Crippen molar-refractivity contribution < 1.29 is 4.79 Å². The van der Waals surface area contributed by atoms with Gasteiger partial charge in [-0.3, -0.25) is 14.5 Å². The maximum atomic E-state index is 12.5. The van der Waals surface area contributed by atoms with Crippen molar-refractivity contribution in [3.63, 3.8) is 0 Å². The standard InChI is InChI=1S/C23H27N3O2S/c1-26(18-8-3-2-4-9-18)15-17-11-12-20(23(28)25-17)22(27)24-14-19-13-16-7-5-6-10-21(16)29-19/h5-7,10-13,18H,2-4,8-9,14-15H2,1H3,(H,24,27)(H,25,28). The Hall–Kier alpha value is -2.44. The summed E-state index contributed by atoms with van der Waals surface area (Å²) in [6.45, 7) is 1.12. The maximum absolute atomic E-state index is 12.5. The molecule has 1 aliphatic carbocycles. The number of carbonyl (C=O) groups is 1. The molecular weight excluding hydrogens is 382 g/mol. The molecular formula is C23H27N3O2S.